The Labute approximate surface area is 122 Å². The Morgan fingerprint density at radius 3 is 2.56 bits per heavy atom. The van der Waals surface area contributed by atoms with Gasteiger partial charge in [0, 0.05) is 36.9 Å². The molecule has 0 fully saturated rings. The monoisotopic (exact) mass is 311 g/mol. The van der Waals surface area contributed by atoms with E-state index in [1.807, 2.05) is 0 Å². The summed E-state index contributed by atoms with van der Waals surface area (Å²) in [4.78, 5) is 0. The molecule has 2 N–H and O–H groups in total. The van der Waals surface area contributed by atoms with Crippen LogP contribution >= 0.6 is 34.8 Å². The highest BCUT2D eigenvalue weighted by molar-refractivity contribution is 6.44. The highest BCUT2D eigenvalue weighted by atomic mass is 35.5. The molecule has 1 aromatic rings. The van der Waals surface area contributed by atoms with Gasteiger partial charge in [0.2, 0.25) is 0 Å². The molecule has 1 unspecified atom stereocenters. The van der Waals surface area contributed by atoms with Gasteiger partial charge in [-0.25, -0.2) is 0 Å². The van der Waals surface area contributed by atoms with Crippen LogP contribution in [-0.4, -0.2) is 31.5 Å². The van der Waals surface area contributed by atoms with Crippen molar-refractivity contribution in [3.8, 4) is 0 Å². The van der Waals surface area contributed by atoms with Gasteiger partial charge in [0.05, 0.1) is 16.7 Å². The fraction of sp³-hybridized carbons (Fsp3) is 0.500. The van der Waals surface area contributed by atoms with E-state index in [1.165, 1.54) is 0 Å². The summed E-state index contributed by atoms with van der Waals surface area (Å²) in [5.74, 6) is 0. The van der Waals surface area contributed by atoms with Crippen molar-refractivity contribution < 1.29 is 9.84 Å². The molecule has 1 aromatic carbocycles. The molecular weight excluding hydrogens is 296 g/mol. The van der Waals surface area contributed by atoms with Gasteiger partial charge in [-0.2, -0.15) is 0 Å². The number of halogens is 3. The summed E-state index contributed by atoms with van der Waals surface area (Å²) in [7, 11) is 1.62. The summed E-state index contributed by atoms with van der Waals surface area (Å²) in [5.41, 5.74) is 0.755. The van der Waals surface area contributed by atoms with Crippen LogP contribution in [0.15, 0.2) is 12.1 Å². The number of ether oxygens (including phenoxy) is 1. The first-order valence-corrected chi connectivity index (χ1v) is 6.69. The van der Waals surface area contributed by atoms with Crippen LogP contribution in [0.3, 0.4) is 0 Å². The summed E-state index contributed by atoms with van der Waals surface area (Å²) in [6, 6.07) is 3.42. The first kappa shape index (κ1) is 16.0. The van der Waals surface area contributed by atoms with E-state index in [2.05, 4.69) is 5.32 Å². The van der Waals surface area contributed by atoms with Gasteiger partial charge in [-0.05, 0) is 18.6 Å². The molecule has 0 radical (unpaired) electrons. The minimum atomic E-state index is 0.0473. The Hall–Kier alpha value is -0.0300. The normalized spacial score (nSPS) is 12.7. The zero-order chi connectivity index (χ0) is 13.5. The quantitative estimate of drug-likeness (QED) is 0.760. The van der Waals surface area contributed by atoms with Crippen LogP contribution in [0.5, 0.6) is 0 Å². The lowest BCUT2D eigenvalue weighted by molar-refractivity contribution is 0.148. The number of hydrogen-bond donors (Lipinski definition) is 2. The average Bonchev–Trinajstić information content (AvgIpc) is 2.34. The maximum absolute atomic E-state index is 8.95. The molecule has 0 aliphatic heterocycles. The van der Waals surface area contributed by atoms with Crippen molar-refractivity contribution >= 4 is 34.8 Å². The van der Waals surface area contributed by atoms with E-state index >= 15 is 0 Å². The Morgan fingerprint density at radius 2 is 1.94 bits per heavy atom. The van der Waals surface area contributed by atoms with E-state index in [4.69, 9.17) is 44.6 Å². The van der Waals surface area contributed by atoms with Crippen molar-refractivity contribution in [1.82, 2.24) is 5.32 Å². The third-order valence-corrected chi connectivity index (χ3v) is 3.75. The van der Waals surface area contributed by atoms with Crippen LogP contribution in [0, 0.1) is 0 Å². The van der Waals surface area contributed by atoms with Crippen molar-refractivity contribution in [2.24, 2.45) is 0 Å². The highest BCUT2D eigenvalue weighted by Gasteiger charge is 2.12. The molecule has 3 nitrogen and oxygen atoms in total. The fourth-order valence-corrected chi connectivity index (χ4v) is 2.26. The van der Waals surface area contributed by atoms with Crippen molar-refractivity contribution in [3.63, 3.8) is 0 Å². The van der Waals surface area contributed by atoms with E-state index in [-0.39, 0.29) is 12.6 Å². The summed E-state index contributed by atoms with van der Waals surface area (Å²) < 4.78 is 5.06. The van der Waals surface area contributed by atoms with Gasteiger partial charge in [0.1, 0.15) is 0 Å². The van der Waals surface area contributed by atoms with E-state index < -0.39 is 0 Å². The summed E-state index contributed by atoms with van der Waals surface area (Å²) >= 11 is 18.1. The molecule has 0 amide bonds. The standard InChI is InChI=1S/C12H16Cl3NO2/c1-18-7-8(4-5-17)16-6-9-10(13)2-3-11(14)12(9)15/h2-3,8,16-17H,4-7H2,1H3. The molecule has 0 spiro atoms. The van der Waals surface area contributed by atoms with Crippen molar-refractivity contribution in [3.05, 3.63) is 32.8 Å². The molecule has 102 valence electrons. The fourth-order valence-electron chi connectivity index (χ4n) is 1.58. The van der Waals surface area contributed by atoms with Crippen molar-refractivity contribution in [2.75, 3.05) is 20.3 Å². The number of rotatable bonds is 7. The zero-order valence-corrected chi connectivity index (χ0v) is 12.3. The number of aliphatic hydroxyl groups is 1. The lowest BCUT2D eigenvalue weighted by atomic mass is 10.2. The maximum atomic E-state index is 8.95. The minimum Gasteiger partial charge on any atom is -0.396 e. The van der Waals surface area contributed by atoms with E-state index in [1.54, 1.807) is 19.2 Å². The SMILES string of the molecule is COCC(CCO)NCc1c(Cl)ccc(Cl)c1Cl. The number of methoxy groups -OCH3 is 1. The second-order valence-corrected chi connectivity index (χ2v) is 5.06. The van der Waals surface area contributed by atoms with Crippen molar-refractivity contribution in [1.29, 1.82) is 0 Å². The second-order valence-electron chi connectivity index (χ2n) is 3.87. The molecule has 0 saturated carbocycles. The average molecular weight is 313 g/mol. The molecular formula is C12H16Cl3NO2. The molecule has 0 aliphatic carbocycles. The number of nitrogens with one attached hydrogen (secondary N) is 1. The van der Waals surface area contributed by atoms with E-state index in [0.717, 1.165) is 5.56 Å². The molecule has 6 heteroatoms. The Bertz CT molecular complexity index is 382. The lowest BCUT2D eigenvalue weighted by Crippen LogP contribution is -2.33. The van der Waals surface area contributed by atoms with Gasteiger partial charge in [-0.3, -0.25) is 0 Å². The first-order valence-electron chi connectivity index (χ1n) is 5.55. The van der Waals surface area contributed by atoms with Crippen LogP contribution in [-0.2, 0) is 11.3 Å². The van der Waals surface area contributed by atoms with Crippen LogP contribution < -0.4 is 5.32 Å². The predicted molar refractivity (Wildman–Crippen MR) is 75.7 cm³/mol. The van der Waals surface area contributed by atoms with E-state index in [0.29, 0.717) is 34.6 Å². The maximum Gasteiger partial charge on any atom is 0.0652 e. The predicted octanol–water partition coefficient (Wildman–Crippen LogP) is 3.13. The third kappa shape index (κ3) is 4.57. The van der Waals surface area contributed by atoms with Gasteiger partial charge < -0.3 is 15.2 Å². The summed E-state index contributed by atoms with van der Waals surface area (Å²) in [6.45, 7) is 1.08. The van der Waals surface area contributed by atoms with Crippen LogP contribution in [0.2, 0.25) is 15.1 Å². The van der Waals surface area contributed by atoms with Gasteiger partial charge >= 0.3 is 0 Å². The number of benzene rings is 1. The van der Waals surface area contributed by atoms with Crippen LogP contribution in [0.1, 0.15) is 12.0 Å². The third-order valence-electron chi connectivity index (χ3n) is 2.55. The van der Waals surface area contributed by atoms with E-state index in [9.17, 15) is 0 Å². The van der Waals surface area contributed by atoms with Crippen molar-refractivity contribution in [2.45, 2.75) is 19.0 Å². The Kier molecular flexibility index (Phi) is 7.30. The van der Waals surface area contributed by atoms with Crippen LogP contribution in [0.4, 0.5) is 0 Å². The molecule has 0 aliphatic rings. The summed E-state index contributed by atoms with van der Waals surface area (Å²) in [5, 5.41) is 13.7. The number of aliphatic hydroxyl groups excluding tert-OH is 1. The molecule has 0 bridgehead atoms. The highest BCUT2D eigenvalue weighted by Crippen LogP contribution is 2.31. The second kappa shape index (κ2) is 8.20. The Balaban J connectivity index is 2.69. The van der Waals surface area contributed by atoms with Crippen LogP contribution in [0.25, 0.3) is 0 Å². The first-order chi connectivity index (χ1) is 8.60. The molecule has 0 saturated heterocycles. The number of hydrogen-bond acceptors (Lipinski definition) is 3. The van der Waals surface area contributed by atoms with Gasteiger partial charge in [0.25, 0.3) is 0 Å². The molecule has 1 rings (SSSR count). The van der Waals surface area contributed by atoms with Gasteiger partial charge in [-0.15, -0.1) is 0 Å². The largest absolute Gasteiger partial charge is 0.396 e. The molecule has 0 aromatic heterocycles. The van der Waals surface area contributed by atoms with Gasteiger partial charge in [0.15, 0.2) is 0 Å². The molecule has 0 heterocycles. The zero-order valence-electron chi connectivity index (χ0n) is 10.0. The Morgan fingerprint density at radius 1 is 1.28 bits per heavy atom. The smallest absolute Gasteiger partial charge is 0.0652 e. The molecule has 1 atom stereocenters. The molecule has 18 heavy (non-hydrogen) atoms. The lowest BCUT2D eigenvalue weighted by Gasteiger charge is -2.18. The topological polar surface area (TPSA) is 41.5 Å². The summed E-state index contributed by atoms with van der Waals surface area (Å²) in [6.07, 6.45) is 0.601. The minimum absolute atomic E-state index is 0.0473. The van der Waals surface area contributed by atoms with Gasteiger partial charge in [-0.1, -0.05) is 34.8 Å².